The number of aliphatic hydroxyl groups is 1. The number of anilines is 1. The molecule has 1 amide bonds. The molecule has 1 heterocycles. The number of fused-ring (bicyclic) bond motifs is 1. The minimum Gasteiger partial charge on any atom is -0.502 e. The minimum atomic E-state index is -1.04. The Bertz CT molecular complexity index is 1320. The number of nitrogens with one attached hydrogen (secondary N) is 3. The van der Waals surface area contributed by atoms with Crippen LogP contribution in [-0.4, -0.2) is 37.4 Å². The molecule has 0 aliphatic heterocycles. The van der Waals surface area contributed by atoms with Gasteiger partial charge in [0.2, 0.25) is 17.2 Å². The molecular weight excluding hydrogens is 433 g/mol. The zero-order valence-corrected chi connectivity index (χ0v) is 17.0. The number of pyridine rings is 1. The normalized spacial score (nSPS) is 17.2. The maximum atomic E-state index is 14.3. The molecule has 7 N–H and O–H groups in total. The third-order valence-corrected chi connectivity index (χ3v) is 5.38. The summed E-state index contributed by atoms with van der Waals surface area (Å²) in [5.41, 5.74) is 0.918. The Morgan fingerprint density at radius 2 is 1.85 bits per heavy atom. The molecule has 2 aromatic carbocycles. The summed E-state index contributed by atoms with van der Waals surface area (Å²) < 4.78 is 14.3. The highest BCUT2D eigenvalue weighted by molar-refractivity contribution is 5.95. The molecule has 0 radical (unpaired) electrons. The Balaban J connectivity index is 1.51. The number of amides is 1. The number of rotatable bonds is 5. The molecule has 1 aliphatic rings. The Morgan fingerprint density at radius 1 is 1.09 bits per heavy atom. The summed E-state index contributed by atoms with van der Waals surface area (Å²) in [5, 5.41) is 44.2. The summed E-state index contributed by atoms with van der Waals surface area (Å²) in [7, 11) is 0. The van der Waals surface area contributed by atoms with E-state index in [0.717, 1.165) is 17.2 Å². The topological polar surface area (TPSA) is 155 Å². The van der Waals surface area contributed by atoms with Crippen molar-refractivity contribution >= 4 is 17.8 Å². The van der Waals surface area contributed by atoms with Crippen molar-refractivity contribution < 1.29 is 29.6 Å². The van der Waals surface area contributed by atoms with Crippen molar-refractivity contribution in [3.05, 3.63) is 87.1 Å². The van der Waals surface area contributed by atoms with Crippen LogP contribution >= 0.6 is 0 Å². The summed E-state index contributed by atoms with van der Waals surface area (Å²) >= 11 is 0. The van der Waals surface area contributed by atoms with Crippen LogP contribution in [0.3, 0.4) is 0 Å². The molecule has 3 aromatic rings. The summed E-state index contributed by atoms with van der Waals surface area (Å²) in [6.45, 7) is 0. The molecule has 0 bridgehead atoms. The summed E-state index contributed by atoms with van der Waals surface area (Å²) in [6, 6.07) is 10.5. The largest absolute Gasteiger partial charge is 0.502 e. The van der Waals surface area contributed by atoms with Gasteiger partial charge in [0, 0.05) is 23.7 Å². The number of aliphatic hydroxyl groups excluding tert-OH is 1. The number of aromatic hydroxyl groups is 3. The Morgan fingerprint density at radius 3 is 2.64 bits per heavy atom. The van der Waals surface area contributed by atoms with Crippen LogP contribution in [0.15, 0.2) is 53.5 Å². The van der Waals surface area contributed by atoms with Crippen molar-refractivity contribution in [3.63, 3.8) is 0 Å². The summed E-state index contributed by atoms with van der Waals surface area (Å²) in [5.74, 6) is -4.31. The van der Waals surface area contributed by atoms with E-state index in [2.05, 4.69) is 15.6 Å². The molecule has 0 saturated heterocycles. The molecule has 0 saturated carbocycles. The fraction of sp³-hybridized carbons (Fsp3) is 0.130. The van der Waals surface area contributed by atoms with Crippen molar-refractivity contribution in [1.82, 2.24) is 10.3 Å². The third kappa shape index (κ3) is 4.23. The Labute approximate surface area is 186 Å². The van der Waals surface area contributed by atoms with Gasteiger partial charge in [-0.25, -0.2) is 4.39 Å². The van der Waals surface area contributed by atoms with E-state index in [0.29, 0.717) is 6.42 Å². The molecule has 0 spiro atoms. The van der Waals surface area contributed by atoms with Gasteiger partial charge in [0.25, 0.3) is 11.5 Å². The lowest BCUT2D eigenvalue weighted by Gasteiger charge is -2.18. The number of carbonyl (C=O) groups is 1. The summed E-state index contributed by atoms with van der Waals surface area (Å²) in [4.78, 5) is 26.4. The molecule has 2 atom stereocenters. The van der Waals surface area contributed by atoms with Crippen LogP contribution in [0.25, 0.3) is 6.08 Å². The smallest absolute Gasteiger partial charge is 0.295 e. The minimum absolute atomic E-state index is 0.0207. The van der Waals surface area contributed by atoms with Crippen molar-refractivity contribution in [2.45, 2.75) is 18.6 Å². The van der Waals surface area contributed by atoms with E-state index in [9.17, 15) is 34.4 Å². The monoisotopic (exact) mass is 453 g/mol. The van der Waals surface area contributed by atoms with E-state index < -0.39 is 46.7 Å². The molecule has 9 nitrogen and oxygen atoms in total. The van der Waals surface area contributed by atoms with Crippen LogP contribution in [0.2, 0.25) is 0 Å². The first-order valence-corrected chi connectivity index (χ1v) is 9.92. The zero-order valence-electron chi connectivity index (χ0n) is 17.0. The quantitative estimate of drug-likeness (QED) is 0.312. The van der Waals surface area contributed by atoms with E-state index in [1.807, 2.05) is 24.3 Å². The molecule has 0 unspecified atom stereocenters. The number of carbonyl (C=O) groups excluding carboxylic acids is 1. The average Bonchev–Trinajstić information content (AvgIpc) is 3.11. The molecule has 170 valence electrons. The van der Waals surface area contributed by atoms with Crippen molar-refractivity contribution in [2.75, 3.05) is 5.32 Å². The maximum absolute atomic E-state index is 14.3. The lowest BCUT2D eigenvalue weighted by atomic mass is 10.1. The highest BCUT2D eigenvalue weighted by atomic mass is 19.1. The second-order valence-electron chi connectivity index (χ2n) is 7.51. The summed E-state index contributed by atoms with van der Waals surface area (Å²) in [6.07, 6.45) is 2.06. The van der Waals surface area contributed by atoms with E-state index >= 15 is 0 Å². The van der Waals surface area contributed by atoms with Crippen LogP contribution in [0.4, 0.5) is 10.2 Å². The van der Waals surface area contributed by atoms with E-state index in [1.165, 1.54) is 24.4 Å². The lowest BCUT2D eigenvalue weighted by Crippen LogP contribution is -2.33. The van der Waals surface area contributed by atoms with Gasteiger partial charge in [0.05, 0.1) is 12.1 Å². The number of aromatic amines is 1. The molecule has 10 heteroatoms. The molecule has 1 aliphatic carbocycles. The Hall–Kier alpha value is -4.31. The number of hydrogen-bond donors (Lipinski definition) is 7. The molecule has 0 fully saturated rings. The second kappa shape index (κ2) is 8.67. The standard InChI is InChI=1S/C23H20FN3O6/c24-15-6-5-13(22(32)26-17-14-4-2-1-3-11(14)10-16(17)28)9-12(15)7-8-25-21-19(30)18(29)20(31)23(33)27-21/h1-9,16-17,28,30-31H,10H2,(H,26,32)(H3,25,27,29,33)/b8-7+/t16-,17+/m1/s1. The first-order valence-electron chi connectivity index (χ1n) is 9.92. The first-order chi connectivity index (χ1) is 15.8. The molecule has 1 aromatic heterocycles. The zero-order chi connectivity index (χ0) is 23.7. The maximum Gasteiger partial charge on any atom is 0.295 e. The fourth-order valence-electron chi connectivity index (χ4n) is 3.67. The van der Waals surface area contributed by atoms with Crippen molar-refractivity contribution in [3.8, 4) is 17.2 Å². The van der Waals surface area contributed by atoms with Gasteiger partial charge in [-0.05, 0) is 35.4 Å². The number of halogens is 1. The average molecular weight is 453 g/mol. The Kier molecular flexibility index (Phi) is 5.76. The van der Waals surface area contributed by atoms with Crippen LogP contribution in [0.5, 0.6) is 17.2 Å². The van der Waals surface area contributed by atoms with Crippen molar-refractivity contribution in [2.24, 2.45) is 0 Å². The third-order valence-electron chi connectivity index (χ3n) is 5.38. The number of hydrogen-bond acceptors (Lipinski definition) is 7. The first kappa shape index (κ1) is 21.9. The van der Waals surface area contributed by atoms with Gasteiger partial charge < -0.3 is 36.0 Å². The highest BCUT2D eigenvalue weighted by Crippen LogP contribution is 2.36. The van der Waals surface area contributed by atoms with Gasteiger partial charge in [-0.2, -0.15) is 0 Å². The SMILES string of the molecule is O=C(N[C@H]1c2ccccc2C[C@H]1O)c1ccc(F)c(/C=C/Nc2[nH]c(=O)c(O)c(O)c2O)c1. The van der Waals surface area contributed by atoms with Crippen LogP contribution in [0.1, 0.15) is 33.1 Å². The predicted molar refractivity (Wildman–Crippen MR) is 117 cm³/mol. The van der Waals surface area contributed by atoms with Gasteiger partial charge in [-0.15, -0.1) is 0 Å². The van der Waals surface area contributed by atoms with Gasteiger partial charge in [0.15, 0.2) is 5.82 Å². The fourth-order valence-corrected chi connectivity index (χ4v) is 3.67. The van der Waals surface area contributed by atoms with Crippen LogP contribution in [-0.2, 0) is 6.42 Å². The highest BCUT2D eigenvalue weighted by Gasteiger charge is 2.32. The second-order valence-corrected chi connectivity index (χ2v) is 7.51. The van der Waals surface area contributed by atoms with Gasteiger partial charge in [0.1, 0.15) is 5.82 Å². The number of aromatic nitrogens is 1. The van der Waals surface area contributed by atoms with Crippen LogP contribution < -0.4 is 16.2 Å². The number of H-pyrrole nitrogens is 1. The molecular formula is C23H20FN3O6. The molecule has 33 heavy (non-hydrogen) atoms. The van der Waals surface area contributed by atoms with Crippen molar-refractivity contribution in [1.29, 1.82) is 0 Å². The van der Waals surface area contributed by atoms with Crippen LogP contribution in [0, 0.1) is 5.82 Å². The predicted octanol–water partition coefficient (Wildman–Crippen LogP) is 2.10. The molecule has 4 rings (SSSR count). The van der Waals surface area contributed by atoms with E-state index in [1.54, 1.807) is 0 Å². The van der Waals surface area contributed by atoms with E-state index in [4.69, 9.17) is 0 Å². The number of benzene rings is 2. The van der Waals surface area contributed by atoms with Gasteiger partial charge in [-0.1, -0.05) is 24.3 Å². The van der Waals surface area contributed by atoms with Gasteiger partial charge in [-0.3, -0.25) is 9.59 Å². The van der Waals surface area contributed by atoms with Gasteiger partial charge >= 0.3 is 0 Å². The lowest BCUT2D eigenvalue weighted by molar-refractivity contribution is 0.0858. The van der Waals surface area contributed by atoms with E-state index in [-0.39, 0.29) is 16.9 Å².